The lowest BCUT2D eigenvalue weighted by Crippen LogP contribution is -2.21. The standard InChI is InChI=1S/C15H12ClFN2O3/c1-9-2-3-11(7-12(9)17)19-14(20)8-22-15(21)10-4-5-18-13(16)6-10/h2-7H,8H2,1H3,(H,19,20). The van der Waals surface area contributed by atoms with Gasteiger partial charge in [-0.1, -0.05) is 17.7 Å². The van der Waals surface area contributed by atoms with E-state index in [0.29, 0.717) is 5.56 Å². The third-order valence-corrected chi connectivity index (χ3v) is 2.96. The van der Waals surface area contributed by atoms with Gasteiger partial charge >= 0.3 is 5.97 Å². The topological polar surface area (TPSA) is 68.3 Å². The van der Waals surface area contributed by atoms with Gasteiger partial charge in [0.15, 0.2) is 6.61 Å². The number of amides is 1. The Morgan fingerprint density at radius 1 is 1.32 bits per heavy atom. The van der Waals surface area contributed by atoms with E-state index in [4.69, 9.17) is 16.3 Å². The maximum Gasteiger partial charge on any atom is 0.338 e. The van der Waals surface area contributed by atoms with Gasteiger partial charge in [-0.2, -0.15) is 0 Å². The number of nitrogens with zero attached hydrogens (tertiary/aromatic N) is 1. The van der Waals surface area contributed by atoms with Crippen molar-refractivity contribution in [1.82, 2.24) is 4.98 Å². The first-order chi connectivity index (χ1) is 10.5. The highest BCUT2D eigenvalue weighted by Crippen LogP contribution is 2.13. The Hall–Kier alpha value is -2.47. The summed E-state index contributed by atoms with van der Waals surface area (Å²) in [5.74, 6) is -1.70. The number of benzene rings is 1. The number of hydrogen-bond acceptors (Lipinski definition) is 4. The van der Waals surface area contributed by atoms with Crippen molar-refractivity contribution in [3.63, 3.8) is 0 Å². The second-order valence-electron chi connectivity index (χ2n) is 4.46. The third-order valence-electron chi connectivity index (χ3n) is 2.75. The van der Waals surface area contributed by atoms with Crippen LogP contribution in [0.15, 0.2) is 36.5 Å². The molecule has 1 amide bonds. The van der Waals surface area contributed by atoms with Gasteiger partial charge in [0, 0.05) is 11.9 Å². The molecule has 114 valence electrons. The minimum absolute atomic E-state index is 0.147. The number of halogens is 2. The highest BCUT2D eigenvalue weighted by atomic mass is 35.5. The molecule has 2 rings (SSSR count). The van der Waals surface area contributed by atoms with Crippen molar-refractivity contribution in [3.8, 4) is 0 Å². The van der Waals surface area contributed by atoms with Crippen molar-refractivity contribution in [2.75, 3.05) is 11.9 Å². The van der Waals surface area contributed by atoms with Crippen LogP contribution >= 0.6 is 11.6 Å². The monoisotopic (exact) mass is 322 g/mol. The van der Waals surface area contributed by atoms with Crippen LogP contribution in [0.1, 0.15) is 15.9 Å². The van der Waals surface area contributed by atoms with E-state index < -0.39 is 24.3 Å². The number of ether oxygens (including phenoxy) is 1. The number of hydrogen-bond donors (Lipinski definition) is 1. The molecule has 0 unspecified atom stereocenters. The molecule has 0 saturated heterocycles. The molecule has 0 fully saturated rings. The van der Waals surface area contributed by atoms with Crippen LogP contribution in [0.25, 0.3) is 0 Å². The molecule has 5 nitrogen and oxygen atoms in total. The maximum atomic E-state index is 13.3. The predicted molar refractivity (Wildman–Crippen MR) is 79.3 cm³/mol. The number of aryl methyl sites for hydroxylation is 1. The van der Waals surface area contributed by atoms with Crippen LogP contribution in [0.5, 0.6) is 0 Å². The lowest BCUT2D eigenvalue weighted by molar-refractivity contribution is -0.119. The Balaban J connectivity index is 1.90. The molecule has 0 atom stereocenters. The van der Waals surface area contributed by atoms with Crippen LogP contribution in [0, 0.1) is 12.7 Å². The van der Waals surface area contributed by atoms with E-state index >= 15 is 0 Å². The number of esters is 1. The summed E-state index contributed by atoms with van der Waals surface area (Å²) in [6.45, 7) is 1.12. The summed E-state index contributed by atoms with van der Waals surface area (Å²) >= 11 is 5.65. The number of carbonyl (C=O) groups is 2. The van der Waals surface area contributed by atoms with Crippen molar-refractivity contribution in [1.29, 1.82) is 0 Å². The predicted octanol–water partition coefficient (Wildman–Crippen LogP) is 2.98. The molecule has 0 aliphatic heterocycles. The Morgan fingerprint density at radius 2 is 2.09 bits per heavy atom. The molecule has 1 aromatic carbocycles. The molecule has 1 heterocycles. The van der Waals surface area contributed by atoms with Crippen LogP contribution in [-0.4, -0.2) is 23.5 Å². The summed E-state index contributed by atoms with van der Waals surface area (Å²) in [4.78, 5) is 27.1. The molecule has 1 aromatic heterocycles. The van der Waals surface area contributed by atoms with E-state index in [2.05, 4.69) is 10.3 Å². The van der Waals surface area contributed by atoms with Crippen molar-refractivity contribution in [3.05, 3.63) is 58.6 Å². The maximum absolute atomic E-state index is 13.3. The number of nitrogens with one attached hydrogen (secondary N) is 1. The fourth-order valence-electron chi connectivity index (χ4n) is 1.61. The molecular formula is C15H12ClFN2O3. The first kappa shape index (κ1) is 15.9. The van der Waals surface area contributed by atoms with Gasteiger partial charge in [-0.25, -0.2) is 14.2 Å². The fraction of sp³-hybridized carbons (Fsp3) is 0.133. The summed E-state index contributed by atoms with van der Waals surface area (Å²) in [7, 11) is 0. The van der Waals surface area contributed by atoms with Crippen molar-refractivity contribution in [2.24, 2.45) is 0 Å². The molecule has 0 radical (unpaired) electrons. The molecule has 0 saturated carbocycles. The van der Waals surface area contributed by atoms with Crippen LogP contribution in [0.4, 0.5) is 10.1 Å². The lowest BCUT2D eigenvalue weighted by Gasteiger charge is -2.07. The highest BCUT2D eigenvalue weighted by Gasteiger charge is 2.11. The molecule has 0 aliphatic rings. The molecule has 22 heavy (non-hydrogen) atoms. The van der Waals surface area contributed by atoms with Crippen LogP contribution in [-0.2, 0) is 9.53 Å². The quantitative estimate of drug-likeness (QED) is 0.694. The number of pyridine rings is 1. The summed E-state index contributed by atoms with van der Waals surface area (Å²) < 4.78 is 18.2. The lowest BCUT2D eigenvalue weighted by atomic mass is 10.2. The van der Waals surface area contributed by atoms with Crippen LogP contribution < -0.4 is 5.32 Å². The number of carbonyl (C=O) groups excluding carboxylic acids is 2. The zero-order valence-corrected chi connectivity index (χ0v) is 12.4. The van der Waals surface area contributed by atoms with Crippen molar-refractivity contribution < 1.29 is 18.7 Å². The molecular weight excluding hydrogens is 311 g/mol. The Bertz CT molecular complexity index is 722. The van der Waals surface area contributed by atoms with E-state index in [0.717, 1.165) is 0 Å². The Morgan fingerprint density at radius 3 is 2.77 bits per heavy atom. The fourth-order valence-corrected chi connectivity index (χ4v) is 1.79. The van der Waals surface area contributed by atoms with E-state index in [-0.39, 0.29) is 16.4 Å². The largest absolute Gasteiger partial charge is 0.452 e. The Kier molecular flexibility index (Phi) is 5.06. The van der Waals surface area contributed by atoms with Crippen molar-refractivity contribution in [2.45, 2.75) is 6.92 Å². The number of aromatic nitrogens is 1. The minimum atomic E-state index is -0.700. The smallest absolute Gasteiger partial charge is 0.338 e. The summed E-state index contributed by atoms with van der Waals surface area (Å²) in [5.41, 5.74) is 0.948. The van der Waals surface area contributed by atoms with Gasteiger partial charge in [0.2, 0.25) is 0 Å². The van der Waals surface area contributed by atoms with E-state index in [1.165, 1.54) is 30.5 Å². The first-order valence-corrected chi connectivity index (χ1v) is 6.68. The normalized spacial score (nSPS) is 10.1. The summed E-state index contributed by atoms with van der Waals surface area (Å²) in [6.07, 6.45) is 1.36. The van der Waals surface area contributed by atoms with Gasteiger partial charge in [0.25, 0.3) is 5.91 Å². The van der Waals surface area contributed by atoms with Gasteiger partial charge in [0.05, 0.1) is 5.56 Å². The summed E-state index contributed by atoms with van der Waals surface area (Å²) in [6, 6.07) is 7.03. The molecule has 0 aliphatic carbocycles. The van der Waals surface area contributed by atoms with Crippen LogP contribution in [0.3, 0.4) is 0 Å². The highest BCUT2D eigenvalue weighted by molar-refractivity contribution is 6.29. The van der Waals surface area contributed by atoms with E-state index in [1.54, 1.807) is 13.0 Å². The molecule has 1 N–H and O–H groups in total. The van der Waals surface area contributed by atoms with Gasteiger partial charge in [-0.15, -0.1) is 0 Å². The van der Waals surface area contributed by atoms with Crippen LogP contribution in [0.2, 0.25) is 5.15 Å². The van der Waals surface area contributed by atoms with E-state index in [1.807, 2.05) is 0 Å². The number of anilines is 1. The summed E-state index contributed by atoms with van der Waals surface area (Å²) in [5, 5.41) is 2.58. The second kappa shape index (κ2) is 7.00. The van der Waals surface area contributed by atoms with E-state index in [9.17, 15) is 14.0 Å². The third kappa shape index (κ3) is 4.26. The van der Waals surface area contributed by atoms with Crippen molar-refractivity contribution >= 4 is 29.2 Å². The molecule has 0 bridgehead atoms. The molecule has 7 heteroatoms. The van der Waals surface area contributed by atoms with Gasteiger partial charge < -0.3 is 10.1 Å². The minimum Gasteiger partial charge on any atom is -0.452 e. The average molecular weight is 323 g/mol. The SMILES string of the molecule is Cc1ccc(NC(=O)COC(=O)c2ccnc(Cl)c2)cc1F. The van der Waals surface area contributed by atoms with Gasteiger partial charge in [0.1, 0.15) is 11.0 Å². The first-order valence-electron chi connectivity index (χ1n) is 6.30. The average Bonchev–Trinajstić information content (AvgIpc) is 2.48. The van der Waals surface area contributed by atoms with Gasteiger partial charge in [-0.05, 0) is 36.8 Å². The zero-order chi connectivity index (χ0) is 16.1. The number of rotatable bonds is 4. The molecule has 0 spiro atoms. The Labute approximate surface area is 131 Å². The molecule has 2 aromatic rings. The second-order valence-corrected chi connectivity index (χ2v) is 4.84. The van der Waals surface area contributed by atoms with Gasteiger partial charge in [-0.3, -0.25) is 4.79 Å². The zero-order valence-electron chi connectivity index (χ0n) is 11.6.